The molecule has 2 saturated heterocycles. The summed E-state index contributed by atoms with van der Waals surface area (Å²) < 4.78 is 28.5. The number of piperazine rings is 1. The number of rotatable bonds is 3. The van der Waals surface area contributed by atoms with Crippen LogP contribution in [0.5, 0.6) is 0 Å². The van der Waals surface area contributed by atoms with Gasteiger partial charge in [-0.2, -0.15) is 0 Å². The van der Waals surface area contributed by atoms with Crippen molar-refractivity contribution in [2.45, 2.75) is 45.2 Å². The molecule has 0 N–H and O–H groups in total. The van der Waals surface area contributed by atoms with Crippen molar-refractivity contribution in [3.8, 4) is 0 Å². The Hall–Kier alpha value is -0.330. The largest absolute Gasteiger partial charge is 0.298 e. The maximum Gasteiger partial charge on any atom is 0.275 e. The topological polar surface area (TPSA) is 9.72 Å². The van der Waals surface area contributed by atoms with E-state index in [9.17, 15) is 8.78 Å². The highest BCUT2D eigenvalue weighted by Gasteiger charge is 2.47. The second-order valence-electron chi connectivity index (χ2n) is 6.10. The molecule has 0 radical (unpaired) electrons. The summed E-state index contributed by atoms with van der Waals surface area (Å²) in [5, 5.41) is 0. The number of likely N-dealkylation sites (tertiary alicyclic amines) is 1. The zero-order valence-electron chi connectivity index (χ0n) is 12.8. The molecule has 0 amide bonds. The molecule has 0 saturated carbocycles. The minimum atomic E-state index is -2.56. The summed E-state index contributed by atoms with van der Waals surface area (Å²) in [6.07, 6.45) is 0.600. The van der Waals surface area contributed by atoms with Crippen molar-refractivity contribution in [2.24, 2.45) is 0 Å². The van der Waals surface area contributed by atoms with Gasteiger partial charge in [0, 0.05) is 38.8 Å². The molecule has 0 aromatic carbocycles. The van der Waals surface area contributed by atoms with Gasteiger partial charge in [-0.3, -0.25) is 19.4 Å². The molecule has 2 rings (SSSR count). The average molecular weight is 295 g/mol. The SMILES string of the molecule is CCN1CCC(N2CCN(C(C)C)CC2)C(F)(F)C1.F. The number of halogens is 3. The fourth-order valence-electron chi connectivity index (χ4n) is 3.28. The van der Waals surface area contributed by atoms with Crippen molar-refractivity contribution in [1.29, 1.82) is 0 Å². The van der Waals surface area contributed by atoms with Crippen LogP contribution in [-0.4, -0.2) is 78.5 Å². The summed E-state index contributed by atoms with van der Waals surface area (Å²) in [4.78, 5) is 6.25. The van der Waals surface area contributed by atoms with Crippen molar-refractivity contribution >= 4 is 0 Å². The molecular weight excluding hydrogens is 267 g/mol. The van der Waals surface area contributed by atoms with Crippen LogP contribution in [0.15, 0.2) is 0 Å². The molecular formula is C14H28F3N3. The van der Waals surface area contributed by atoms with E-state index < -0.39 is 12.0 Å². The van der Waals surface area contributed by atoms with Crippen LogP contribution in [0.4, 0.5) is 13.5 Å². The summed E-state index contributed by atoms with van der Waals surface area (Å²) in [5.41, 5.74) is 0. The van der Waals surface area contributed by atoms with Gasteiger partial charge in [0.1, 0.15) is 0 Å². The minimum absolute atomic E-state index is 0. The van der Waals surface area contributed by atoms with Crippen molar-refractivity contribution in [2.75, 3.05) is 45.8 Å². The van der Waals surface area contributed by atoms with E-state index in [0.29, 0.717) is 12.5 Å². The second kappa shape index (κ2) is 7.09. The van der Waals surface area contributed by atoms with Gasteiger partial charge in [0.25, 0.3) is 5.92 Å². The van der Waals surface area contributed by atoms with Crippen molar-refractivity contribution in [1.82, 2.24) is 14.7 Å². The van der Waals surface area contributed by atoms with Crippen LogP contribution in [-0.2, 0) is 0 Å². The summed E-state index contributed by atoms with van der Waals surface area (Å²) in [5.74, 6) is -2.56. The molecule has 2 aliphatic heterocycles. The Morgan fingerprint density at radius 1 is 1.10 bits per heavy atom. The first-order valence-corrected chi connectivity index (χ1v) is 7.52. The summed E-state index contributed by atoms with van der Waals surface area (Å²) in [6, 6.07) is -0.0331. The highest BCUT2D eigenvalue weighted by Crippen LogP contribution is 2.31. The van der Waals surface area contributed by atoms with Gasteiger partial charge < -0.3 is 0 Å². The molecule has 3 nitrogen and oxygen atoms in total. The highest BCUT2D eigenvalue weighted by molar-refractivity contribution is 4.94. The van der Waals surface area contributed by atoms with Crippen LogP contribution in [0.1, 0.15) is 27.2 Å². The van der Waals surface area contributed by atoms with Gasteiger partial charge in [-0.05, 0) is 26.8 Å². The highest BCUT2D eigenvalue weighted by atomic mass is 19.3. The van der Waals surface area contributed by atoms with Gasteiger partial charge in [0.15, 0.2) is 0 Å². The Morgan fingerprint density at radius 3 is 2.15 bits per heavy atom. The predicted octanol–water partition coefficient (Wildman–Crippen LogP) is 1.89. The fraction of sp³-hybridized carbons (Fsp3) is 1.00. The van der Waals surface area contributed by atoms with Gasteiger partial charge in [-0.15, -0.1) is 0 Å². The molecule has 1 atom stereocenters. The Balaban J connectivity index is 0.00000200. The number of nitrogens with zero attached hydrogens (tertiary/aromatic N) is 3. The predicted molar refractivity (Wildman–Crippen MR) is 76.3 cm³/mol. The monoisotopic (exact) mass is 295 g/mol. The van der Waals surface area contributed by atoms with E-state index in [4.69, 9.17) is 0 Å². The third-order valence-electron chi connectivity index (χ3n) is 4.61. The maximum absolute atomic E-state index is 14.2. The number of piperidine rings is 1. The van der Waals surface area contributed by atoms with E-state index in [-0.39, 0.29) is 11.2 Å². The van der Waals surface area contributed by atoms with Crippen LogP contribution < -0.4 is 0 Å². The van der Waals surface area contributed by atoms with E-state index in [0.717, 1.165) is 39.3 Å². The number of alkyl halides is 2. The van der Waals surface area contributed by atoms with E-state index in [1.807, 2.05) is 16.7 Å². The average Bonchev–Trinajstić information content (AvgIpc) is 2.37. The van der Waals surface area contributed by atoms with Gasteiger partial charge in [0.05, 0.1) is 12.6 Å². The Morgan fingerprint density at radius 2 is 1.70 bits per heavy atom. The van der Waals surface area contributed by atoms with Crippen molar-refractivity contribution in [3.63, 3.8) is 0 Å². The molecule has 2 aliphatic rings. The van der Waals surface area contributed by atoms with Gasteiger partial charge in [-0.1, -0.05) is 6.92 Å². The first kappa shape index (κ1) is 17.7. The fourth-order valence-corrected chi connectivity index (χ4v) is 3.28. The van der Waals surface area contributed by atoms with Crippen LogP contribution >= 0.6 is 0 Å². The smallest absolute Gasteiger partial charge is 0.275 e. The van der Waals surface area contributed by atoms with E-state index in [1.54, 1.807) is 0 Å². The van der Waals surface area contributed by atoms with Crippen molar-refractivity contribution < 1.29 is 13.5 Å². The Bertz CT molecular complexity index is 291. The molecule has 1 unspecified atom stereocenters. The molecule has 2 heterocycles. The molecule has 0 bridgehead atoms. The lowest BCUT2D eigenvalue weighted by atomic mass is 9.98. The van der Waals surface area contributed by atoms with E-state index in [2.05, 4.69) is 18.7 Å². The third-order valence-corrected chi connectivity index (χ3v) is 4.61. The number of hydrogen-bond donors (Lipinski definition) is 0. The molecule has 0 aliphatic carbocycles. The molecule has 0 spiro atoms. The molecule has 6 heteroatoms. The molecule has 0 aromatic rings. The summed E-state index contributed by atoms with van der Waals surface area (Å²) in [6.45, 7) is 11.2. The first-order valence-electron chi connectivity index (χ1n) is 7.52. The zero-order valence-corrected chi connectivity index (χ0v) is 12.8. The van der Waals surface area contributed by atoms with Crippen LogP contribution in [0.25, 0.3) is 0 Å². The molecule has 2 fully saturated rings. The van der Waals surface area contributed by atoms with Gasteiger partial charge >= 0.3 is 0 Å². The van der Waals surface area contributed by atoms with Gasteiger partial charge in [0.2, 0.25) is 0 Å². The van der Waals surface area contributed by atoms with Gasteiger partial charge in [-0.25, -0.2) is 8.78 Å². The Kier molecular flexibility index (Phi) is 6.28. The molecule has 20 heavy (non-hydrogen) atoms. The minimum Gasteiger partial charge on any atom is -0.298 e. The molecule has 0 aromatic heterocycles. The lowest BCUT2D eigenvalue weighted by Crippen LogP contribution is -2.62. The summed E-state index contributed by atoms with van der Waals surface area (Å²) >= 11 is 0. The van der Waals surface area contributed by atoms with Crippen LogP contribution in [0.3, 0.4) is 0 Å². The maximum atomic E-state index is 14.2. The quantitative estimate of drug-likeness (QED) is 0.787. The van der Waals surface area contributed by atoms with Crippen molar-refractivity contribution in [3.05, 3.63) is 0 Å². The lowest BCUT2D eigenvalue weighted by molar-refractivity contribution is -0.133. The zero-order chi connectivity index (χ0) is 14.0. The number of hydrogen-bond acceptors (Lipinski definition) is 3. The third kappa shape index (κ3) is 3.86. The molecule has 120 valence electrons. The first-order chi connectivity index (χ1) is 8.94. The van der Waals surface area contributed by atoms with Crippen LogP contribution in [0.2, 0.25) is 0 Å². The second-order valence-corrected chi connectivity index (χ2v) is 6.10. The summed E-state index contributed by atoms with van der Waals surface area (Å²) in [7, 11) is 0. The van der Waals surface area contributed by atoms with E-state index >= 15 is 0 Å². The lowest BCUT2D eigenvalue weighted by Gasteiger charge is -2.46. The Labute approximate surface area is 120 Å². The standard InChI is InChI=1S/C14H27F2N3.FH/c1-4-17-6-5-13(14(15,16)11-17)19-9-7-18(8-10-19)12(2)3;/h12-13H,4-11H2,1-3H3;1H. The normalized spacial score (nSPS) is 29.4. The van der Waals surface area contributed by atoms with E-state index in [1.165, 1.54) is 0 Å². The van der Waals surface area contributed by atoms with Crippen LogP contribution in [0, 0.1) is 0 Å².